The largest absolute Gasteiger partial charge is 0.484 e. The van der Waals surface area contributed by atoms with Crippen LogP contribution in [-0.2, 0) is 47.2 Å². The summed E-state index contributed by atoms with van der Waals surface area (Å²) in [6.45, 7) is 5.46. The summed E-state index contributed by atoms with van der Waals surface area (Å²) < 4.78 is 47.2. The molecule has 5 aromatic rings. The molecule has 0 spiro atoms. The van der Waals surface area contributed by atoms with Crippen molar-refractivity contribution in [2.24, 2.45) is 5.41 Å². The van der Waals surface area contributed by atoms with Crippen LogP contribution in [0, 0.1) is 17.3 Å². The molecule has 5 heterocycles. The minimum atomic E-state index is -5.87. The fourth-order valence-corrected chi connectivity index (χ4v) is 11.5. The van der Waals surface area contributed by atoms with Gasteiger partial charge in [0.15, 0.2) is 6.61 Å². The second-order valence-electron chi connectivity index (χ2n) is 20.4. The Kier molecular flexibility index (Phi) is 15.1. The van der Waals surface area contributed by atoms with Crippen LogP contribution < -0.4 is 20.7 Å². The van der Waals surface area contributed by atoms with Crippen LogP contribution in [0.3, 0.4) is 0 Å². The minimum absolute atomic E-state index is 0.00323. The molecule has 22 heteroatoms. The molecule has 4 aliphatic rings. The zero-order valence-corrected chi connectivity index (χ0v) is 43.7. The Hall–Kier alpha value is -7.63. The van der Waals surface area contributed by atoms with E-state index in [4.69, 9.17) is 4.74 Å². The van der Waals surface area contributed by atoms with Crippen LogP contribution in [0.4, 0.5) is 8.78 Å². The van der Waals surface area contributed by atoms with Crippen LogP contribution in [0.5, 0.6) is 5.75 Å². The molecule has 1 aromatic heterocycles. The molecule has 0 saturated carbocycles. The highest BCUT2D eigenvalue weighted by Gasteiger charge is 2.51. The number of ether oxygens (including phenoxy) is 1. The van der Waals surface area contributed by atoms with Gasteiger partial charge in [-0.25, -0.2) is 0 Å². The summed E-state index contributed by atoms with van der Waals surface area (Å²) in [5, 5.41) is 7.77. The van der Waals surface area contributed by atoms with Crippen molar-refractivity contribution in [3.8, 4) is 17.6 Å². The van der Waals surface area contributed by atoms with Gasteiger partial charge < -0.3 is 35.0 Å². The average Bonchev–Trinajstić information content (AvgIpc) is 4.03. The Labute approximate surface area is 444 Å². The predicted molar refractivity (Wildman–Crippen MR) is 276 cm³/mol. The number of rotatable bonds is 12. The number of thiophene rings is 1. The van der Waals surface area contributed by atoms with Crippen molar-refractivity contribution in [1.82, 2.24) is 30.7 Å². The summed E-state index contributed by atoms with van der Waals surface area (Å²) in [5.74, 6) is 1.24. The molecule has 2 saturated heterocycles. The third kappa shape index (κ3) is 11.1. The summed E-state index contributed by atoms with van der Waals surface area (Å²) in [6.07, 6.45) is 1.70. The normalized spacial score (nSPS) is 19.2. The van der Waals surface area contributed by atoms with Gasteiger partial charge in [-0.05, 0) is 89.2 Å². The molecule has 4 atom stereocenters. The van der Waals surface area contributed by atoms with Crippen LogP contribution >= 0.6 is 18.9 Å². The third-order valence-electron chi connectivity index (χ3n) is 14.2. The number of piperidine rings is 2. The van der Waals surface area contributed by atoms with E-state index >= 15 is 4.79 Å². The molecule has 2 fully saturated rings. The summed E-state index contributed by atoms with van der Waals surface area (Å²) in [4.78, 5) is 131. The number of nitrogens with zero attached hydrogens (tertiary/aromatic N) is 3. The van der Waals surface area contributed by atoms with Crippen molar-refractivity contribution in [3.05, 3.63) is 135 Å². The van der Waals surface area contributed by atoms with Crippen molar-refractivity contribution in [3.63, 3.8) is 0 Å². The van der Waals surface area contributed by atoms with Crippen molar-refractivity contribution in [2.75, 3.05) is 26.2 Å². The van der Waals surface area contributed by atoms with Gasteiger partial charge in [0.05, 0.1) is 22.5 Å². The van der Waals surface area contributed by atoms with E-state index in [-0.39, 0.29) is 76.9 Å². The fraction of sp³-hybridized carbons (Fsp3) is 0.345. The molecule has 4 aromatic carbocycles. The summed E-state index contributed by atoms with van der Waals surface area (Å²) in [7, 11) is -5.87. The van der Waals surface area contributed by atoms with E-state index in [2.05, 4.69) is 27.8 Å². The highest BCUT2D eigenvalue weighted by molar-refractivity contribution is 7.52. The lowest BCUT2D eigenvalue weighted by atomic mass is 9.83. The van der Waals surface area contributed by atoms with E-state index in [9.17, 15) is 56.7 Å². The van der Waals surface area contributed by atoms with Crippen molar-refractivity contribution in [1.29, 1.82) is 0 Å². The number of halogens is 2. The smallest absolute Gasteiger partial charge is 0.399 e. The number of hydrogen-bond donors (Lipinski definition) is 5. The number of likely N-dealkylation sites (tertiary alicyclic amines) is 1. The van der Waals surface area contributed by atoms with Crippen molar-refractivity contribution < 1.29 is 66.2 Å². The Balaban J connectivity index is 0.906. The van der Waals surface area contributed by atoms with E-state index in [0.717, 1.165) is 52.3 Å². The first-order chi connectivity index (χ1) is 36.5. The van der Waals surface area contributed by atoms with E-state index in [1.807, 2.05) is 30.3 Å². The highest BCUT2D eigenvalue weighted by atomic mass is 32.1. The van der Waals surface area contributed by atoms with Gasteiger partial charge in [0.25, 0.3) is 23.6 Å². The second kappa shape index (κ2) is 21.4. The molecule has 0 aliphatic carbocycles. The van der Waals surface area contributed by atoms with Gasteiger partial charge >= 0.3 is 13.3 Å². The second-order valence-corrected chi connectivity index (χ2v) is 23.1. The summed E-state index contributed by atoms with van der Waals surface area (Å²) >= 11 is 0.940. The molecule has 0 bridgehead atoms. The zero-order valence-electron chi connectivity index (χ0n) is 42.0. The van der Waals surface area contributed by atoms with Crippen molar-refractivity contribution in [2.45, 2.75) is 89.1 Å². The molecular weight excluding hydrogens is 1040 g/mol. The van der Waals surface area contributed by atoms with Gasteiger partial charge in [-0.15, -0.1) is 11.3 Å². The number of fused-ring (bicyclic) bond motifs is 3. The van der Waals surface area contributed by atoms with Gasteiger partial charge in [-0.2, -0.15) is 8.78 Å². The lowest BCUT2D eigenvalue weighted by Crippen LogP contribution is -2.61. The van der Waals surface area contributed by atoms with Crippen LogP contribution in [0.25, 0.3) is 10.1 Å². The van der Waals surface area contributed by atoms with Gasteiger partial charge in [0, 0.05) is 54.2 Å². The third-order valence-corrected chi connectivity index (χ3v) is 16.3. The number of amides is 8. The summed E-state index contributed by atoms with van der Waals surface area (Å²) in [6, 6.07) is 20.5. The predicted octanol–water partition coefficient (Wildman–Crippen LogP) is 5.58. The molecule has 4 aliphatic heterocycles. The number of carbonyl (C=O) groups is 8. The molecule has 8 amide bonds. The van der Waals surface area contributed by atoms with Crippen LogP contribution in [0.15, 0.2) is 91.0 Å². The topological polar surface area (TPSA) is 249 Å². The monoisotopic (exact) mass is 1090 g/mol. The van der Waals surface area contributed by atoms with Crippen molar-refractivity contribution >= 4 is 76.3 Å². The zero-order chi connectivity index (χ0) is 55.1. The molecule has 2 unspecified atom stereocenters. The molecular formula is C55H53F2N6O12PS. The van der Waals surface area contributed by atoms with Crippen LogP contribution in [-0.4, -0.2) is 116 Å². The van der Waals surface area contributed by atoms with E-state index in [0.29, 0.717) is 23.4 Å². The number of benzene rings is 4. The molecule has 400 valence electrons. The Bertz CT molecular complexity index is 3380. The number of carbonyl (C=O) groups excluding carboxylic acids is 8. The number of nitrogens with one attached hydrogen (secondary N) is 3. The number of alkyl halides is 2. The van der Waals surface area contributed by atoms with Gasteiger partial charge in [0.2, 0.25) is 23.6 Å². The van der Waals surface area contributed by atoms with E-state index in [1.54, 1.807) is 49.9 Å². The first kappa shape index (κ1) is 54.2. The molecule has 77 heavy (non-hydrogen) atoms. The molecule has 9 rings (SSSR count). The fourth-order valence-electron chi connectivity index (χ4n) is 10.1. The lowest BCUT2D eigenvalue weighted by molar-refractivity contribution is -0.150. The highest BCUT2D eigenvalue weighted by Crippen LogP contribution is 2.59. The Morgan fingerprint density at radius 3 is 2.42 bits per heavy atom. The van der Waals surface area contributed by atoms with Gasteiger partial charge in [-0.1, -0.05) is 81.1 Å². The van der Waals surface area contributed by atoms with Gasteiger partial charge in [-0.3, -0.25) is 53.1 Å². The summed E-state index contributed by atoms with van der Waals surface area (Å²) in [5.41, 5.74) is -3.58. The lowest BCUT2D eigenvalue weighted by Gasteiger charge is -2.43. The minimum Gasteiger partial charge on any atom is -0.484 e. The van der Waals surface area contributed by atoms with E-state index < -0.39 is 90.3 Å². The SMILES string of the molecule is CC(C)(C)C(NC(=O)c1cc2cc(C(F)(F)P(=O)(O)O)ccc2s1)C(=O)N1Cc2cc(OCC(=O)NCC#Cc3cccc4c3C(=O)N(C3CCC(=O)NC3=O)C4=O)ccc2C[C@H]1C(=O)N1CCC[C@H](c2ccccc2)C1. The van der Waals surface area contributed by atoms with E-state index in [1.165, 1.54) is 29.2 Å². The maximum atomic E-state index is 15.2. The number of hydrogen-bond acceptors (Lipinski definition) is 11. The molecule has 0 radical (unpaired) electrons. The number of imide groups is 2. The molecule has 18 nitrogen and oxygen atoms in total. The van der Waals surface area contributed by atoms with Crippen LogP contribution in [0.2, 0.25) is 0 Å². The van der Waals surface area contributed by atoms with Crippen LogP contribution in [0.1, 0.15) is 111 Å². The molecule has 5 N–H and O–H groups in total. The van der Waals surface area contributed by atoms with Gasteiger partial charge in [0.1, 0.15) is 23.9 Å². The Morgan fingerprint density at radius 2 is 1.69 bits per heavy atom. The maximum Gasteiger partial charge on any atom is 0.399 e. The maximum absolute atomic E-state index is 15.2. The standard InChI is InChI=1S/C55H53F2N6O12PS/c1-54(2,3)47(60-49(67)43-27-35-24-37(17-20-42(35)77-43)55(56,57)76(72,73)74)53(71)62-29-36-25-38(18-16-33(36)26-41(62)51(69)61-23-9-14-34(28-61)31-10-5-4-6-11-31)75-30-45(65)58-22-8-13-32-12-7-15-39-46(32)52(70)63(50(39)68)40-19-21-44(64)59-48(40)66/h4-7,10-12,15-18,20,24-25,27,34,40-41,47H,9,14,19,21-23,26,28-30H2,1-3H3,(H,58,65)(H,60,67)(H,59,64,66)(H2,72,73,74)/t34-,40?,41-,47?/m0/s1. The first-order valence-corrected chi connectivity index (χ1v) is 27.2. The quantitative estimate of drug-likeness (QED) is 0.0584. The first-order valence-electron chi connectivity index (χ1n) is 24.8. The Morgan fingerprint density at radius 1 is 0.922 bits per heavy atom. The average molecular weight is 1090 g/mol.